The van der Waals surface area contributed by atoms with Crippen LogP contribution in [0.25, 0.3) is 0 Å². The van der Waals surface area contributed by atoms with Gasteiger partial charge in [-0.05, 0) is 0 Å². The molecule has 0 aliphatic rings. The maximum atomic E-state index is 9.63. The highest BCUT2D eigenvalue weighted by molar-refractivity contribution is 5.68. The molecule has 0 aliphatic heterocycles. The summed E-state index contributed by atoms with van der Waals surface area (Å²) < 4.78 is 0. The summed E-state index contributed by atoms with van der Waals surface area (Å²) in [5.41, 5.74) is 0. The lowest BCUT2D eigenvalue weighted by Crippen LogP contribution is -2.60. The van der Waals surface area contributed by atoms with Crippen LogP contribution in [0.1, 0.15) is 5.82 Å². The van der Waals surface area contributed by atoms with Crippen molar-refractivity contribution in [3.8, 4) is 0 Å². The third-order valence-corrected chi connectivity index (χ3v) is 0.715. The molecule has 0 saturated heterocycles. The Morgan fingerprint density at radius 2 is 2.75 bits per heavy atom. The van der Waals surface area contributed by atoms with E-state index in [1.165, 1.54) is 6.21 Å². The summed E-state index contributed by atoms with van der Waals surface area (Å²) >= 11 is 0. The molecule has 2 N–H and O–H groups in total. The molecule has 1 aromatic heterocycles. The van der Waals surface area contributed by atoms with E-state index in [9.17, 15) is 5.21 Å². The van der Waals surface area contributed by atoms with Crippen molar-refractivity contribution in [1.82, 2.24) is 9.97 Å². The van der Waals surface area contributed by atoms with Crippen LogP contribution in [0.4, 0.5) is 0 Å². The van der Waals surface area contributed by atoms with Crippen LogP contribution in [0.15, 0.2) is 12.4 Å². The van der Waals surface area contributed by atoms with Gasteiger partial charge in [0.15, 0.2) is 5.82 Å². The second-order valence-electron chi connectivity index (χ2n) is 1.24. The average molecular weight is 111 g/mol. The third-order valence-electron chi connectivity index (χ3n) is 0.715. The molecular weight excluding hydrogens is 106 g/mol. The minimum Gasteiger partial charge on any atom is -0.625 e. The third kappa shape index (κ3) is 0.841. The van der Waals surface area contributed by atoms with Crippen LogP contribution in [0.2, 0.25) is 0 Å². The van der Waals surface area contributed by atoms with E-state index >= 15 is 0 Å². The molecule has 1 heterocycles. The monoisotopic (exact) mass is 111 g/mol. The number of aromatic amines is 1. The summed E-state index contributed by atoms with van der Waals surface area (Å²) in [6.07, 6.45) is 4.45. The molecule has 0 aromatic carbocycles. The molecule has 8 heavy (non-hydrogen) atoms. The highest BCUT2D eigenvalue weighted by atomic mass is 16.4. The Labute approximate surface area is 45.9 Å². The van der Waals surface area contributed by atoms with Crippen molar-refractivity contribution in [2.45, 2.75) is 0 Å². The summed E-state index contributed by atoms with van der Waals surface area (Å²) in [7, 11) is 0. The standard InChI is InChI=1S/C4H5N3O/c8-7-3-4-5-1-2-6-4/h1-3,7H,(H-,5,6,8). The molecule has 0 atom stereocenters. The van der Waals surface area contributed by atoms with E-state index in [1.807, 2.05) is 0 Å². The SMILES string of the molecule is [O-][NH+]=Cc1ncc[nH]1. The number of rotatable bonds is 1. The van der Waals surface area contributed by atoms with Crippen LogP contribution < -0.4 is 5.16 Å². The molecule has 42 valence electrons. The van der Waals surface area contributed by atoms with Crippen molar-refractivity contribution in [2.24, 2.45) is 0 Å². The van der Waals surface area contributed by atoms with E-state index < -0.39 is 0 Å². The Kier molecular flexibility index (Phi) is 1.27. The first kappa shape index (κ1) is 4.83. The Morgan fingerprint density at radius 1 is 1.88 bits per heavy atom. The van der Waals surface area contributed by atoms with Gasteiger partial charge in [-0.2, -0.15) is 0 Å². The highest BCUT2D eigenvalue weighted by Crippen LogP contribution is 1.76. The van der Waals surface area contributed by atoms with Crippen LogP contribution >= 0.6 is 0 Å². The van der Waals surface area contributed by atoms with Gasteiger partial charge in [0.1, 0.15) is 0 Å². The van der Waals surface area contributed by atoms with Gasteiger partial charge in [-0.3, -0.25) is 0 Å². The molecule has 0 bridgehead atoms. The normalized spacial score (nSPS) is 10.5. The zero-order valence-corrected chi connectivity index (χ0v) is 4.09. The van der Waals surface area contributed by atoms with E-state index in [2.05, 4.69) is 9.97 Å². The maximum Gasteiger partial charge on any atom is 0.215 e. The molecular formula is C4H5N3O. The number of aromatic nitrogens is 2. The van der Waals surface area contributed by atoms with Crippen molar-refractivity contribution < 1.29 is 5.16 Å². The van der Waals surface area contributed by atoms with Crippen LogP contribution in [-0.2, 0) is 0 Å². The average Bonchev–Trinajstić information content (AvgIpc) is 2.19. The number of imidazole rings is 1. The van der Waals surface area contributed by atoms with Gasteiger partial charge in [0.2, 0.25) is 6.21 Å². The summed E-state index contributed by atoms with van der Waals surface area (Å²) in [6.45, 7) is 0. The summed E-state index contributed by atoms with van der Waals surface area (Å²) in [5.74, 6) is 0.542. The van der Waals surface area contributed by atoms with E-state index in [0.717, 1.165) is 0 Å². The van der Waals surface area contributed by atoms with Gasteiger partial charge < -0.3 is 10.2 Å². The topological polar surface area (TPSA) is 65.7 Å². The largest absolute Gasteiger partial charge is 0.625 e. The van der Waals surface area contributed by atoms with E-state index in [0.29, 0.717) is 5.82 Å². The lowest BCUT2D eigenvalue weighted by atomic mass is 10.7. The number of hydrogen-bond donors (Lipinski definition) is 2. The fourth-order valence-corrected chi connectivity index (χ4v) is 0.412. The quantitative estimate of drug-likeness (QED) is 0.260. The Balaban J connectivity index is 2.77. The Bertz CT molecular complexity index is 167. The first-order chi connectivity index (χ1) is 3.93. The fraction of sp³-hybridized carbons (Fsp3) is 0. The second kappa shape index (κ2) is 2.11. The van der Waals surface area contributed by atoms with Gasteiger partial charge in [0.25, 0.3) is 0 Å². The van der Waals surface area contributed by atoms with E-state index in [1.54, 1.807) is 17.5 Å². The number of nitrogens with zero attached hydrogens (tertiary/aromatic N) is 1. The molecule has 0 radical (unpaired) electrons. The van der Waals surface area contributed by atoms with Crippen LogP contribution in [0.5, 0.6) is 0 Å². The zero-order valence-electron chi connectivity index (χ0n) is 4.09. The van der Waals surface area contributed by atoms with Crippen molar-refractivity contribution in [2.75, 3.05) is 0 Å². The number of H-pyrrole nitrogens is 1. The van der Waals surface area contributed by atoms with E-state index in [-0.39, 0.29) is 0 Å². The zero-order chi connectivity index (χ0) is 5.82. The van der Waals surface area contributed by atoms with Gasteiger partial charge >= 0.3 is 0 Å². The number of nitrogens with one attached hydrogen (secondary N) is 2. The molecule has 0 saturated carbocycles. The van der Waals surface area contributed by atoms with E-state index in [4.69, 9.17) is 0 Å². The fourth-order valence-electron chi connectivity index (χ4n) is 0.412. The van der Waals surface area contributed by atoms with Gasteiger partial charge in [0, 0.05) is 12.4 Å². The predicted molar refractivity (Wildman–Crippen MR) is 28.1 cm³/mol. The molecule has 0 amide bonds. The van der Waals surface area contributed by atoms with Crippen LogP contribution in [0.3, 0.4) is 0 Å². The maximum absolute atomic E-state index is 9.63. The molecule has 4 heteroatoms. The van der Waals surface area contributed by atoms with Gasteiger partial charge in [-0.1, -0.05) is 0 Å². The molecule has 0 fully saturated rings. The smallest absolute Gasteiger partial charge is 0.215 e. The first-order valence-corrected chi connectivity index (χ1v) is 2.14. The van der Waals surface area contributed by atoms with Crippen molar-refractivity contribution in [1.29, 1.82) is 0 Å². The Morgan fingerprint density at radius 3 is 3.25 bits per heavy atom. The van der Waals surface area contributed by atoms with Gasteiger partial charge in [-0.15, -0.1) is 0 Å². The van der Waals surface area contributed by atoms with Crippen molar-refractivity contribution in [3.05, 3.63) is 23.4 Å². The lowest BCUT2D eigenvalue weighted by Gasteiger charge is -1.75. The lowest BCUT2D eigenvalue weighted by molar-refractivity contribution is -0.366. The highest BCUT2D eigenvalue weighted by Gasteiger charge is 1.85. The van der Waals surface area contributed by atoms with Crippen molar-refractivity contribution >= 4 is 6.21 Å². The minimum absolute atomic E-state index is 0.542. The molecule has 1 rings (SSSR count). The van der Waals surface area contributed by atoms with Crippen molar-refractivity contribution in [3.63, 3.8) is 0 Å². The van der Waals surface area contributed by atoms with Crippen LogP contribution in [-0.4, -0.2) is 16.2 Å². The first-order valence-electron chi connectivity index (χ1n) is 2.14. The molecule has 4 nitrogen and oxygen atoms in total. The van der Waals surface area contributed by atoms with Gasteiger partial charge in [0.05, 0.1) is 0 Å². The predicted octanol–water partition coefficient (Wildman–Crippen LogP) is -1.59. The second-order valence-corrected chi connectivity index (χ2v) is 1.24. The Hall–Kier alpha value is -1.32. The molecule has 0 spiro atoms. The summed E-state index contributed by atoms with van der Waals surface area (Å²) in [5, 5.41) is 11.2. The summed E-state index contributed by atoms with van der Waals surface area (Å²) in [4.78, 5) is 6.44. The molecule has 1 aromatic rings. The molecule has 0 aliphatic carbocycles. The van der Waals surface area contributed by atoms with Crippen LogP contribution in [0, 0.1) is 5.21 Å². The molecule has 0 unspecified atom stereocenters. The van der Waals surface area contributed by atoms with Gasteiger partial charge in [-0.25, -0.2) is 10.1 Å². The summed E-state index contributed by atoms with van der Waals surface area (Å²) in [6, 6.07) is 0. The number of hydrogen-bond acceptors (Lipinski definition) is 2. The minimum atomic E-state index is 0.542.